The van der Waals surface area contributed by atoms with Crippen molar-refractivity contribution in [2.45, 2.75) is 52.4 Å². The molecule has 1 rings (SSSR count). The standard InChI is InChI=1S/C14H23ClSi/c1-13(2,3)11-9(15)7-8-10(16)12(11)14(4,5)6/h7-8H,1-6,16H3. The van der Waals surface area contributed by atoms with E-state index in [4.69, 9.17) is 11.6 Å². The summed E-state index contributed by atoms with van der Waals surface area (Å²) in [5.41, 5.74) is 3.07. The van der Waals surface area contributed by atoms with Crippen LogP contribution < -0.4 is 5.19 Å². The lowest BCUT2D eigenvalue weighted by Crippen LogP contribution is -2.30. The molecule has 2 heteroatoms. The first-order valence-corrected chi connectivity index (χ1v) is 7.23. The second-order valence-electron chi connectivity index (χ2n) is 6.61. The summed E-state index contributed by atoms with van der Waals surface area (Å²) in [6.07, 6.45) is 0. The van der Waals surface area contributed by atoms with Crippen LogP contribution in [0.4, 0.5) is 0 Å². The molecule has 0 spiro atoms. The van der Waals surface area contributed by atoms with E-state index in [0.29, 0.717) is 0 Å². The van der Waals surface area contributed by atoms with Crippen LogP contribution in [0.25, 0.3) is 0 Å². The molecule has 1 aromatic rings. The first kappa shape index (κ1) is 13.8. The Hall–Kier alpha value is -0.273. The molecule has 0 fully saturated rings. The van der Waals surface area contributed by atoms with Gasteiger partial charge in [-0.1, -0.05) is 64.4 Å². The van der Waals surface area contributed by atoms with Crippen LogP contribution in [0.2, 0.25) is 5.02 Å². The van der Waals surface area contributed by atoms with Crippen molar-refractivity contribution < 1.29 is 0 Å². The van der Waals surface area contributed by atoms with Crippen molar-refractivity contribution in [3.8, 4) is 0 Å². The number of hydrogen-bond acceptors (Lipinski definition) is 0. The molecule has 0 aliphatic rings. The maximum absolute atomic E-state index is 6.41. The summed E-state index contributed by atoms with van der Waals surface area (Å²) >= 11 is 6.41. The van der Waals surface area contributed by atoms with E-state index >= 15 is 0 Å². The summed E-state index contributed by atoms with van der Waals surface area (Å²) in [4.78, 5) is 0. The minimum absolute atomic E-state index is 0.111. The molecule has 0 saturated carbocycles. The fourth-order valence-corrected chi connectivity index (χ4v) is 3.99. The Morgan fingerprint density at radius 3 is 1.62 bits per heavy atom. The monoisotopic (exact) mass is 254 g/mol. The van der Waals surface area contributed by atoms with E-state index in [9.17, 15) is 0 Å². The fourth-order valence-electron chi connectivity index (χ4n) is 2.38. The normalized spacial score (nSPS) is 13.2. The molecule has 0 N–H and O–H groups in total. The van der Waals surface area contributed by atoms with Crippen LogP contribution in [-0.4, -0.2) is 10.2 Å². The molecule has 1 aromatic carbocycles. The largest absolute Gasteiger partial charge is 0.0840 e. The third-order valence-corrected chi connectivity index (χ3v) is 4.01. The van der Waals surface area contributed by atoms with Gasteiger partial charge in [-0.2, -0.15) is 0 Å². The van der Waals surface area contributed by atoms with Crippen molar-refractivity contribution in [1.29, 1.82) is 0 Å². The number of halogens is 1. The van der Waals surface area contributed by atoms with Gasteiger partial charge in [-0.15, -0.1) is 0 Å². The highest BCUT2D eigenvalue weighted by atomic mass is 35.5. The maximum Gasteiger partial charge on any atom is 0.0446 e. The predicted octanol–water partition coefficient (Wildman–Crippen LogP) is 2.93. The molecule has 0 bridgehead atoms. The molecule has 0 unspecified atom stereocenters. The van der Waals surface area contributed by atoms with E-state index in [1.54, 1.807) is 0 Å². The highest BCUT2D eigenvalue weighted by Crippen LogP contribution is 2.36. The highest BCUT2D eigenvalue weighted by molar-refractivity contribution is 6.36. The van der Waals surface area contributed by atoms with Gasteiger partial charge in [-0.05, 0) is 28.0 Å². The van der Waals surface area contributed by atoms with Gasteiger partial charge in [0, 0.05) is 15.3 Å². The van der Waals surface area contributed by atoms with Crippen LogP contribution in [0.1, 0.15) is 52.7 Å². The van der Waals surface area contributed by atoms with Gasteiger partial charge in [0.15, 0.2) is 0 Å². The van der Waals surface area contributed by atoms with Crippen LogP contribution in [0.3, 0.4) is 0 Å². The smallest absolute Gasteiger partial charge is 0.0446 e. The van der Waals surface area contributed by atoms with Crippen LogP contribution >= 0.6 is 11.6 Å². The maximum atomic E-state index is 6.41. The Balaban J connectivity index is 3.64. The summed E-state index contributed by atoms with van der Waals surface area (Å²) in [5.74, 6) is 0. The van der Waals surface area contributed by atoms with Crippen LogP contribution in [0, 0.1) is 0 Å². The van der Waals surface area contributed by atoms with Gasteiger partial charge < -0.3 is 0 Å². The molecule has 90 valence electrons. The fraction of sp³-hybridized carbons (Fsp3) is 0.571. The molecular weight excluding hydrogens is 232 g/mol. The Labute approximate surface area is 108 Å². The number of benzene rings is 1. The number of rotatable bonds is 0. The minimum Gasteiger partial charge on any atom is -0.0840 e. The van der Waals surface area contributed by atoms with Crippen molar-refractivity contribution in [1.82, 2.24) is 0 Å². The topological polar surface area (TPSA) is 0 Å². The molecule has 0 aliphatic carbocycles. The summed E-state index contributed by atoms with van der Waals surface area (Å²) in [6.45, 7) is 13.5. The lowest BCUT2D eigenvalue weighted by Gasteiger charge is -2.32. The third-order valence-electron chi connectivity index (χ3n) is 2.86. The summed E-state index contributed by atoms with van der Waals surface area (Å²) < 4.78 is 0. The molecule has 16 heavy (non-hydrogen) atoms. The second kappa shape index (κ2) is 4.19. The summed E-state index contributed by atoms with van der Waals surface area (Å²) in [5, 5.41) is 2.39. The zero-order chi connectivity index (χ0) is 12.7. The molecule has 0 saturated heterocycles. The van der Waals surface area contributed by atoms with Gasteiger partial charge in [-0.3, -0.25) is 0 Å². The molecule has 0 heterocycles. The first-order valence-electron chi connectivity index (χ1n) is 5.85. The molecule has 0 nitrogen and oxygen atoms in total. The predicted molar refractivity (Wildman–Crippen MR) is 78.4 cm³/mol. The lowest BCUT2D eigenvalue weighted by atomic mass is 9.75. The molecule has 0 aliphatic heterocycles. The van der Waals surface area contributed by atoms with E-state index in [0.717, 1.165) is 15.3 Å². The summed E-state index contributed by atoms with van der Waals surface area (Å²) in [6, 6.07) is 4.24. The molecule has 0 radical (unpaired) electrons. The van der Waals surface area contributed by atoms with Crippen molar-refractivity contribution >= 4 is 27.0 Å². The van der Waals surface area contributed by atoms with Crippen LogP contribution in [0.15, 0.2) is 12.1 Å². The average molecular weight is 255 g/mol. The summed E-state index contributed by atoms with van der Waals surface area (Å²) in [7, 11) is 1.08. The highest BCUT2D eigenvalue weighted by Gasteiger charge is 2.28. The molecule has 0 atom stereocenters. The Kier molecular flexibility index (Phi) is 3.61. The van der Waals surface area contributed by atoms with E-state index < -0.39 is 0 Å². The van der Waals surface area contributed by atoms with E-state index in [1.165, 1.54) is 16.3 Å². The second-order valence-corrected chi connectivity index (χ2v) is 8.10. The van der Waals surface area contributed by atoms with Crippen LogP contribution in [-0.2, 0) is 10.8 Å². The van der Waals surface area contributed by atoms with Crippen LogP contribution in [0.5, 0.6) is 0 Å². The third kappa shape index (κ3) is 2.69. The molecule has 0 amide bonds. The van der Waals surface area contributed by atoms with Crippen molar-refractivity contribution in [2.24, 2.45) is 0 Å². The zero-order valence-electron chi connectivity index (χ0n) is 11.5. The van der Waals surface area contributed by atoms with E-state index in [1.807, 2.05) is 0 Å². The number of hydrogen-bond donors (Lipinski definition) is 0. The van der Waals surface area contributed by atoms with Gasteiger partial charge in [0.05, 0.1) is 0 Å². The van der Waals surface area contributed by atoms with Crippen molar-refractivity contribution in [2.75, 3.05) is 0 Å². The van der Waals surface area contributed by atoms with Gasteiger partial charge >= 0.3 is 0 Å². The van der Waals surface area contributed by atoms with Crippen molar-refractivity contribution in [3.05, 3.63) is 28.3 Å². The zero-order valence-corrected chi connectivity index (χ0v) is 14.3. The Morgan fingerprint density at radius 2 is 1.31 bits per heavy atom. The van der Waals surface area contributed by atoms with Gasteiger partial charge in [-0.25, -0.2) is 0 Å². The molecular formula is C14H23ClSi. The lowest BCUT2D eigenvalue weighted by molar-refractivity contribution is 0.533. The quantitative estimate of drug-likeness (QED) is 0.625. The molecule has 0 aromatic heterocycles. The van der Waals surface area contributed by atoms with Gasteiger partial charge in [0.25, 0.3) is 0 Å². The van der Waals surface area contributed by atoms with Gasteiger partial charge in [0.1, 0.15) is 0 Å². The Bertz CT molecular complexity index is 355. The average Bonchev–Trinajstić information content (AvgIpc) is 2.04. The van der Waals surface area contributed by atoms with E-state index in [-0.39, 0.29) is 10.8 Å². The SMILES string of the molecule is CC(C)(C)c1c([SiH3])ccc(Cl)c1C(C)(C)C. The minimum atomic E-state index is 0.111. The van der Waals surface area contributed by atoms with E-state index in [2.05, 4.69) is 53.7 Å². The Morgan fingerprint density at radius 1 is 0.875 bits per heavy atom. The van der Waals surface area contributed by atoms with Crippen molar-refractivity contribution in [3.63, 3.8) is 0 Å². The first-order chi connectivity index (χ1) is 7.05. The van der Waals surface area contributed by atoms with Gasteiger partial charge in [0.2, 0.25) is 0 Å².